The number of carbonyl (C=O) groups excluding carboxylic acids is 3. The highest BCUT2D eigenvalue weighted by molar-refractivity contribution is 7.59. The molecule has 4 aromatic rings. The Kier molecular flexibility index (Phi) is 14.1. The van der Waals surface area contributed by atoms with Gasteiger partial charge in [0.05, 0.1) is 22.9 Å². The molecule has 0 bridgehead atoms. The number of ether oxygens (including phenoxy) is 1. The first kappa shape index (κ1) is 42.1. The molecule has 2 atom stereocenters. The number of anilines is 1. The Hall–Kier alpha value is -4.34. The largest absolute Gasteiger partial charge is 0.444 e. The lowest BCUT2D eigenvalue weighted by molar-refractivity contribution is -0.137. The van der Waals surface area contributed by atoms with Crippen molar-refractivity contribution in [1.82, 2.24) is 20.4 Å². The molecule has 0 spiro atoms. The van der Waals surface area contributed by atoms with E-state index in [0.717, 1.165) is 18.2 Å². The van der Waals surface area contributed by atoms with Crippen LogP contribution in [-0.4, -0.2) is 52.8 Å². The van der Waals surface area contributed by atoms with E-state index in [1.807, 2.05) is 30.3 Å². The van der Waals surface area contributed by atoms with Crippen molar-refractivity contribution in [2.75, 3.05) is 24.5 Å². The lowest BCUT2D eigenvalue weighted by Gasteiger charge is -2.38. The number of hydrogen-bond donors (Lipinski definition) is 2. The summed E-state index contributed by atoms with van der Waals surface area (Å²) in [5.74, 6) is -2.91. The molecule has 0 saturated heterocycles. The van der Waals surface area contributed by atoms with Crippen LogP contribution in [-0.2, 0) is 22.3 Å². The fraction of sp³-hybridized carbons (Fsp3) is 0.351. The van der Waals surface area contributed by atoms with Crippen LogP contribution in [0.3, 0.4) is 0 Å². The summed E-state index contributed by atoms with van der Waals surface area (Å²) in [4.78, 5) is 41.8. The third-order valence-electron chi connectivity index (χ3n) is 8.25. The minimum Gasteiger partial charge on any atom is -0.444 e. The van der Waals surface area contributed by atoms with Gasteiger partial charge in [0.15, 0.2) is 5.78 Å². The van der Waals surface area contributed by atoms with Crippen molar-refractivity contribution in [3.63, 3.8) is 0 Å². The number of para-hydroxylation sites is 1. The van der Waals surface area contributed by atoms with Gasteiger partial charge < -0.3 is 15.4 Å². The fourth-order valence-electron chi connectivity index (χ4n) is 6.11. The number of halogens is 4. The molecule has 2 N–H and O–H groups in total. The molecular weight excluding hydrogens is 719 g/mol. The van der Waals surface area contributed by atoms with Gasteiger partial charge in [0.2, 0.25) is 5.91 Å². The van der Waals surface area contributed by atoms with Crippen molar-refractivity contribution >= 4 is 50.6 Å². The van der Waals surface area contributed by atoms with Gasteiger partial charge >= 0.3 is 12.3 Å². The maximum absolute atomic E-state index is 14.4. The molecule has 1 aliphatic heterocycles. The standard InChI is InChI=1S/C37H39F4N5O4.2H2S/c1-5-45-33-32(29(44-46(33)27-12-7-6-8-13-27)22-42-18-19-43-35(49)50-36(2,3)4)31(23-14-16-26(38)17-15-23)28(34(45)48)21-30(47)24-10-9-11-25(20-24)37(39,40)41;;/h6-17,20,28,31,42H,5,18-19,21-22H2,1-4H3,(H,43,49);2*1H2/t28-,31+;;/m0../s1. The van der Waals surface area contributed by atoms with E-state index in [2.05, 4.69) is 10.6 Å². The highest BCUT2D eigenvalue weighted by Crippen LogP contribution is 2.47. The van der Waals surface area contributed by atoms with Crippen LogP contribution in [0, 0.1) is 11.7 Å². The molecule has 0 unspecified atom stereocenters. The molecule has 1 aromatic heterocycles. The van der Waals surface area contributed by atoms with Gasteiger partial charge in [-0.25, -0.2) is 13.9 Å². The number of hydrogen-bond acceptors (Lipinski definition) is 6. The Labute approximate surface area is 314 Å². The number of fused-ring (bicyclic) bond motifs is 1. The van der Waals surface area contributed by atoms with Crippen LogP contribution in [0.25, 0.3) is 5.69 Å². The number of alkyl carbamates (subject to hydrolysis) is 1. The number of amides is 2. The third-order valence-corrected chi connectivity index (χ3v) is 8.25. The lowest BCUT2D eigenvalue weighted by atomic mass is 9.74. The molecule has 5 rings (SSSR count). The van der Waals surface area contributed by atoms with Gasteiger partial charge in [0.25, 0.3) is 0 Å². The zero-order chi connectivity index (χ0) is 36.2. The predicted octanol–water partition coefficient (Wildman–Crippen LogP) is 7.26. The number of rotatable bonds is 11. The second-order valence-electron chi connectivity index (χ2n) is 13.0. The molecule has 52 heavy (non-hydrogen) atoms. The fourth-order valence-corrected chi connectivity index (χ4v) is 6.11. The second-order valence-corrected chi connectivity index (χ2v) is 13.0. The van der Waals surface area contributed by atoms with Gasteiger partial charge in [-0.3, -0.25) is 14.5 Å². The minimum atomic E-state index is -4.65. The van der Waals surface area contributed by atoms with Gasteiger partial charge in [-0.15, -0.1) is 0 Å². The van der Waals surface area contributed by atoms with Gasteiger partial charge in [-0.2, -0.15) is 45.3 Å². The Balaban J connectivity index is 0.00000364. The zero-order valence-corrected chi connectivity index (χ0v) is 31.2. The smallest absolute Gasteiger partial charge is 0.416 e. The summed E-state index contributed by atoms with van der Waals surface area (Å²) in [6, 6.07) is 18.9. The first-order valence-corrected chi connectivity index (χ1v) is 16.3. The van der Waals surface area contributed by atoms with Crippen molar-refractivity contribution in [2.24, 2.45) is 5.92 Å². The summed E-state index contributed by atoms with van der Waals surface area (Å²) in [6.07, 6.45) is -5.62. The van der Waals surface area contributed by atoms with E-state index in [0.29, 0.717) is 34.9 Å². The Morgan fingerprint density at radius 3 is 2.21 bits per heavy atom. The van der Waals surface area contributed by atoms with E-state index in [9.17, 15) is 31.9 Å². The minimum absolute atomic E-state index is 0. The summed E-state index contributed by atoms with van der Waals surface area (Å²) in [7, 11) is 0. The van der Waals surface area contributed by atoms with Gasteiger partial charge in [0, 0.05) is 49.6 Å². The monoisotopic (exact) mass is 761 g/mol. The van der Waals surface area contributed by atoms with E-state index in [-0.39, 0.29) is 52.2 Å². The van der Waals surface area contributed by atoms with Crippen LogP contribution in [0.15, 0.2) is 78.9 Å². The molecule has 1 aliphatic rings. The molecule has 280 valence electrons. The zero-order valence-electron chi connectivity index (χ0n) is 29.2. The van der Waals surface area contributed by atoms with Crippen LogP contribution in [0.1, 0.15) is 72.8 Å². The SMILES string of the molecule is CCN1C(=O)[C@@H](CC(=O)c2cccc(C(F)(F)F)c2)[C@@H](c2ccc(F)cc2)c2c(CNCCNC(=O)OC(C)(C)C)nn(-c3ccccc3)c21.S.S. The first-order chi connectivity index (χ1) is 23.7. The number of nitrogens with one attached hydrogen (secondary N) is 2. The molecule has 2 amide bonds. The summed E-state index contributed by atoms with van der Waals surface area (Å²) >= 11 is 0. The normalized spacial score (nSPS) is 15.6. The number of Topliss-reactive ketones (excluding diaryl/α,β-unsaturated/α-hetero) is 1. The van der Waals surface area contributed by atoms with E-state index >= 15 is 0 Å². The molecule has 0 fully saturated rings. The van der Waals surface area contributed by atoms with Crippen LogP contribution in [0.4, 0.5) is 28.2 Å². The quantitative estimate of drug-likeness (QED) is 0.0948. The number of alkyl halides is 3. The molecule has 0 aliphatic carbocycles. The van der Waals surface area contributed by atoms with Crippen LogP contribution < -0.4 is 15.5 Å². The molecule has 0 radical (unpaired) electrons. The lowest BCUT2D eigenvalue weighted by Crippen LogP contribution is -2.45. The van der Waals surface area contributed by atoms with E-state index in [1.54, 1.807) is 44.5 Å². The Morgan fingerprint density at radius 2 is 1.60 bits per heavy atom. The molecule has 2 heterocycles. The average Bonchev–Trinajstić information content (AvgIpc) is 3.43. The maximum Gasteiger partial charge on any atom is 0.416 e. The van der Waals surface area contributed by atoms with Crippen molar-refractivity contribution in [3.8, 4) is 5.69 Å². The molecule has 15 heteroatoms. The third kappa shape index (κ3) is 9.75. The van der Waals surface area contributed by atoms with Crippen molar-refractivity contribution in [3.05, 3.63) is 113 Å². The van der Waals surface area contributed by atoms with Crippen LogP contribution >= 0.6 is 27.0 Å². The van der Waals surface area contributed by atoms with Gasteiger partial charge in [-0.05, 0) is 69.7 Å². The molecule has 3 aromatic carbocycles. The summed E-state index contributed by atoms with van der Waals surface area (Å²) in [6.45, 7) is 8.05. The van der Waals surface area contributed by atoms with E-state index in [1.165, 1.54) is 23.1 Å². The highest BCUT2D eigenvalue weighted by Gasteiger charge is 2.46. The number of aromatic nitrogens is 2. The number of carbonyl (C=O) groups is 3. The van der Waals surface area contributed by atoms with Gasteiger partial charge in [0.1, 0.15) is 17.2 Å². The Bertz CT molecular complexity index is 1850. The van der Waals surface area contributed by atoms with Crippen molar-refractivity contribution in [2.45, 2.75) is 58.4 Å². The molecular formula is C37H43F4N5O4S2. The highest BCUT2D eigenvalue weighted by atomic mass is 32.1. The molecule has 0 saturated carbocycles. The van der Waals surface area contributed by atoms with Crippen molar-refractivity contribution in [1.29, 1.82) is 0 Å². The van der Waals surface area contributed by atoms with Crippen LogP contribution in [0.5, 0.6) is 0 Å². The maximum atomic E-state index is 14.4. The van der Waals surface area contributed by atoms with Crippen LogP contribution in [0.2, 0.25) is 0 Å². The van der Waals surface area contributed by atoms with E-state index in [4.69, 9.17) is 9.84 Å². The summed E-state index contributed by atoms with van der Waals surface area (Å²) < 4.78 is 61.7. The number of nitrogens with zero attached hydrogens (tertiary/aromatic N) is 3. The van der Waals surface area contributed by atoms with Crippen molar-refractivity contribution < 1.29 is 36.7 Å². The van der Waals surface area contributed by atoms with Gasteiger partial charge in [-0.1, -0.05) is 42.5 Å². The van der Waals surface area contributed by atoms with E-state index < -0.39 is 59.2 Å². The topological polar surface area (TPSA) is 106 Å². The molecule has 9 nitrogen and oxygen atoms in total. The number of benzene rings is 3. The second kappa shape index (κ2) is 17.5. The summed E-state index contributed by atoms with van der Waals surface area (Å²) in [5.41, 5.74) is 0.582. The average molecular weight is 762 g/mol. The number of ketones is 1. The Morgan fingerprint density at radius 1 is 0.923 bits per heavy atom. The first-order valence-electron chi connectivity index (χ1n) is 16.3. The summed E-state index contributed by atoms with van der Waals surface area (Å²) in [5, 5.41) is 10.9. The predicted molar refractivity (Wildman–Crippen MR) is 200 cm³/mol.